The molecule has 0 unspecified atom stereocenters. The van der Waals surface area contributed by atoms with Gasteiger partial charge in [0, 0.05) is 18.0 Å². The van der Waals surface area contributed by atoms with Gasteiger partial charge in [-0.25, -0.2) is 0 Å². The van der Waals surface area contributed by atoms with Crippen LogP contribution >= 0.6 is 0 Å². The molecule has 2 aromatic rings. The summed E-state index contributed by atoms with van der Waals surface area (Å²) in [7, 11) is 0. The molecule has 2 aromatic carbocycles. The standard InChI is InChI=1S/C13H14O3.C9H11N/c14-12(15)7-9-2-1-8-3-4-11-10(13(8)9)5-6-16-11;10-9-6-5-7-3-1-2-4-8(7)9/h3-4,9H,1-2,5-7H2,(H,14,15);1-4,9H,5-6,10H2/t2*9-/m10/s1. The maximum Gasteiger partial charge on any atom is 0.303 e. The number of benzene rings is 2. The average Bonchev–Trinajstić information content (AvgIpc) is 3.34. The van der Waals surface area contributed by atoms with Gasteiger partial charge in [0.05, 0.1) is 13.0 Å². The van der Waals surface area contributed by atoms with Gasteiger partial charge in [0.1, 0.15) is 5.75 Å². The molecule has 136 valence electrons. The second-order valence-corrected chi connectivity index (χ2v) is 7.39. The van der Waals surface area contributed by atoms with E-state index in [1.807, 2.05) is 6.07 Å². The van der Waals surface area contributed by atoms with Gasteiger partial charge in [-0.3, -0.25) is 4.79 Å². The van der Waals surface area contributed by atoms with Gasteiger partial charge in [-0.05, 0) is 59.9 Å². The summed E-state index contributed by atoms with van der Waals surface area (Å²) in [6.07, 6.45) is 5.47. The molecular weight excluding hydrogens is 326 g/mol. The van der Waals surface area contributed by atoms with E-state index in [2.05, 4.69) is 30.3 Å². The van der Waals surface area contributed by atoms with Crippen LogP contribution in [0.25, 0.3) is 0 Å². The third kappa shape index (κ3) is 3.21. The first-order chi connectivity index (χ1) is 12.6. The van der Waals surface area contributed by atoms with Crippen LogP contribution in [0.5, 0.6) is 5.75 Å². The quantitative estimate of drug-likeness (QED) is 0.864. The minimum Gasteiger partial charge on any atom is -0.493 e. The number of aliphatic carboxylic acids is 1. The Morgan fingerprint density at radius 1 is 1.08 bits per heavy atom. The van der Waals surface area contributed by atoms with Crippen LogP contribution in [0.15, 0.2) is 36.4 Å². The molecule has 0 saturated heterocycles. The Hall–Kier alpha value is -2.33. The van der Waals surface area contributed by atoms with E-state index >= 15 is 0 Å². The number of aryl methyl sites for hydroxylation is 2. The zero-order valence-electron chi connectivity index (χ0n) is 14.9. The highest BCUT2D eigenvalue weighted by Gasteiger charge is 2.30. The van der Waals surface area contributed by atoms with E-state index in [1.54, 1.807) is 0 Å². The highest BCUT2D eigenvalue weighted by molar-refractivity contribution is 5.69. The molecule has 0 spiro atoms. The van der Waals surface area contributed by atoms with Crippen LogP contribution in [0, 0.1) is 0 Å². The van der Waals surface area contributed by atoms with Crippen LogP contribution < -0.4 is 10.5 Å². The first-order valence-corrected chi connectivity index (χ1v) is 9.46. The van der Waals surface area contributed by atoms with Gasteiger partial charge in [-0.1, -0.05) is 30.3 Å². The minimum absolute atomic E-state index is 0.198. The van der Waals surface area contributed by atoms with Gasteiger partial charge in [0.25, 0.3) is 0 Å². The lowest BCUT2D eigenvalue weighted by Gasteiger charge is -2.12. The highest BCUT2D eigenvalue weighted by Crippen LogP contribution is 2.43. The molecule has 0 aromatic heterocycles. The van der Waals surface area contributed by atoms with Crippen molar-refractivity contribution >= 4 is 5.97 Å². The second-order valence-electron chi connectivity index (χ2n) is 7.39. The summed E-state index contributed by atoms with van der Waals surface area (Å²) in [5.41, 5.74) is 12.5. The number of rotatable bonds is 2. The van der Waals surface area contributed by atoms with Crippen molar-refractivity contribution in [2.45, 2.75) is 50.5 Å². The summed E-state index contributed by atoms with van der Waals surface area (Å²) in [6.45, 7) is 0.742. The smallest absolute Gasteiger partial charge is 0.303 e. The first-order valence-electron chi connectivity index (χ1n) is 9.46. The molecule has 26 heavy (non-hydrogen) atoms. The number of carboxylic acid groups (broad SMARTS) is 1. The predicted octanol–water partition coefficient (Wildman–Crippen LogP) is 3.76. The zero-order chi connectivity index (χ0) is 18.1. The van der Waals surface area contributed by atoms with E-state index < -0.39 is 5.97 Å². The number of carboxylic acids is 1. The van der Waals surface area contributed by atoms with Crippen molar-refractivity contribution in [1.29, 1.82) is 0 Å². The predicted molar refractivity (Wildman–Crippen MR) is 101 cm³/mol. The van der Waals surface area contributed by atoms with Gasteiger partial charge in [0.2, 0.25) is 0 Å². The summed E-state index contributed by atoms with van der Waals surface area (Å²) in [5.74, 6) is 0.467. The Bertz CT molecular complexity index is 830. The molecule has 0 bridgehead atoms. The summed E-state index contributed by atoms with van der Waals surface area (Å²) < 4.78 is 5.53. The Balaban J connectivity index is 0.000000144. The van der Waals surface area contributed by atoms with Gasteiger partial charge in [0.15, 0.2) is 0 Å². The van der Waals surface area contributed by atoms with Crippen molar-refractivity contribution in [1.82, 2.24) is 0 Å². The van der Waals surface area contributed by atoms with E-state index in [4.69, 9.17) is 15.6 Å². The van der Waals surface area contributed by atoms with E-state index in [-0.39, 0.29) is 12.3 Å². The molecule has 3 aliphatic rings. The molecule has 1 aliphatic heterocycles. The summed E-state index contributed by atoms with van der Waals surface area (Å²) in [6, 6.07) is 12.9. The van der Waals surface area contributed by atoms with Crippen LogP contribution in [-0.2, 0) is 24.1 Å². The van der Waals surface area contributed by atoms with Crippen molar-refractivity contribution in [2.24, 2.45) is 5.73 Å². The Labute approximate surface area is 154 Å². The lowest BCUT2D eigenvalue weighted by molar-refractivity contribution is -0.137. The van der Waals surface area contributed by atoms with Crippen LogP contribution in [0.3, 0.4) is 0 Å². The van der Waals surface area contributed by atoms with Crippen LogP contribution in [-0.4, -0.2) is 17.7 Å². The summed E-state index contributed by atoms with van der Waals surface area (Å²) >= 11 is 0. The van der Waals surface area contributed by atoms with Gasteiger partial charge in [-0.15, -0.1) is 0 Å². The SMILES string of the molecule is N[C@H]1CCc2ccccc21.O=C(O)C[C@H]1CCc2ccc3c(c21)CCO3. The van der Waals surface area contributed by atoms with Crippen LogP contribution in [0.1, 0.15) is 59.0 Å². The molecular formula is C22H25NO3. The number of nitrogens with two attached hydrogens (primary N) is 1. The fourth-order valence-corrected chi connectivity index (χ4v) is 4.56. The van der Waals surface area contributed by atoms with Crippen molar-refractivity contribution in [3.8, 4) is 5.75 Å². The van der Waals surface area contributed by atoms with Crippen LogP contribution in [0.4, 0.5) is 0 Å². The van der Waals surface area contributed by atoms with Crippen molar-refractivity contribution in [3.63, 3.8) is 0 Å². The molecule has 0 amide bonds. The van der Waals surface area contributed by atoms with E-state index in [0.29, 0.717) is 6.04 Å². The molecule has 1 heterocycles. The molecule has 0 fully saturated rings. The zero-order valence-corrected chi connectivity index (χ0v) is 14.9. The monoisotopic (exact) mass is 351 g/mol. The van der Waals surface area contributed by atoms with E-state index in [0.717, 1.165) is 44.5 Å². The number of hydrogen-bond acceptors (Lipinski definition) is 3. The Morgan fingerprint density at radius 2 is 1.88 bits per heavy atom. The van der Waals surface area contributed by atoms with Crippen molar-refractivity contribution < 1.29 is 14.6 Å². The second kappa shape index (κ2) is 7.12. The number of hydrogen-bond donors (Lipinski definition) is 2. The largest absolute Gasteiger partial charge is 0.493 e. The van der Waals surface area contributed by atoms with Crippen LogP contribution in [0.2, 0.25) is 0 Å². The number of fused-ring (bicyclic) bond motifs is 4. The summed E-state index contributed by atoms with van der Waals surface area (Å²) in [4.78, 5) is 10.8. The van der Waals surface area contributed by atoms with Gasteiger partial charge < -0.3 is 15.6 Å². The molecule has 4 heteroatoms. The van der Waals surface area contributed by atoms with E-state index in [9.17, 15) is 4.79 Å². The normalized spacial score (nSPS) is 21.9. The minimum atomic E-state index is -0.700. The Kier molecular flexibility index (Phi) is 4.68. The van der Waals surface area contributed by atoms with Crippen molar-refractivity contribution in [2.75, 3.05) is 6.61 Å². The average molecular weight is 351 g/mol. The lowest BCUT2D eigenvalue weighted by atomic mass is 9.92. The number of carbonyl (C=O) groups is 1. The van der Waals surface area contributed by atoms with Gasteiger partial charge >= 0.3 is 5.97 Å². The fraction of sp³-hybridized carbons (Fsp3) is 0.409. The number of ether oxygens (including phenoxy) is 1. The lowest BCUT2D eigenvalue weighted by Crippen LogP contribution is -2.05. The maximum atomic E-state index is 10.8. The topological polar surface area (TPSA) is 72.6 Å². The van der Waals surface area contributed by atoms with E-state index in [1.165, 1.54) is 27.8 Å². The molecule has 2 atom stereocenters. The third-order valence-corrected chi connectivity index (χ3v) is 5.78. The molecule has 5 rings (SSSR count). The Morgan fingerprint density at radius 3 is 2.69 bits per heavy atom. The molecule has 0 saturated carbocycles. The van der Waals surface area contributed by atoms with Crippen molar-refractivity contribution in [3.05, 3.63) is 64.2 Å². The third-order valence-electron chi connectivity index (χ3n) is 5.78. The first kappa shape index (κ1) is 17.1. The molecule has 0 radical (unpaired) electrons. The fourth-order valence-electron chi connectivity index (χ4n) is 4.56. The van der Waals surface area contributed by atoms with Gasteiger partial charge in [-0.2, -0.15) is 0 Å². The maximum absolute atomic E-state index is 10.8. The highest BCUT2D eigenvalue weighted by atomic mass is 16.5. The molecule has 3 N–H and O–H groups in total. The molecule has 2 aliphatic carbocycles. The summed E-state index contributed by atoms with van der Waals surface area (Å²) in [5, 5.41) is 8.92. The molecule has 4 nitrogen and oxygen atoms in total.